The van der Waals surface area contributed by atoms with Crippen molar-refractivity contribution in [2.45, 2.75) is 20.8 Å². The minimum absolute atomic E-state index is 0.0153. The summed E-state index contributed by atoms with van der Waals surface area (Å²) in [6.45, 7) is 5.71. The Hall–Kier alpha value is -3.19. The van der Waals surface area contributed by atoms with Gasteiger partial charge >= 0.3 is 0 Å². The number of nitrogens with one attached hydrogen (secondary N) is 3. The molecule has 0 aliphatic heterocycles. The molecule has 2 aromatic carbocycles. The van der Waals surface area contributed by atoms with Crippen LogP contribution in [0.2, 0.25) is 0 Å². The molecule has 0 spiro atoms. The van der Waals surface area contributed by atoms with Crippen molar-refractivity contribution in [3.63, 3.8) is 0 Å². The molecule has 7 heteroatoms. The van der Waals surface area contributed by atoms with Crippen LogP contribution in [0.3, 0.4) is 0 Å². The smallest absolute Gasteiger partial charge is 0.276 e. The number of rotatable bonds is 5. The number of carbonyl (C=O) groups excluding carboxylic acids is 2. The van der Waals surface area contributed by atoms with Crippen LogP contribution < -0.4 is 20.9 Å². The number of hydrazine groups is 1. The van der Waals surface area contributed by atoms with Crippen molar-refractivity contribution < 1.29 is 14.3 Å². The third-order valence-corrected chi connectivity index (χ3v) is 3.95. The predicted octanol–water partition coefficient (Wildman–Crippen LogP) is 2.73. The standard InChI is InChI=1S/C21H23N3O3S/c1-14-4-7-17(8-5-14)9-11-19(25)22-21(28)24-23-20(26)13-27-18-10-6-15(2)12-16(18)3/h4-12H,13H2,1-3H3,(H,23,26)(H2,22,24,25,28)/b11-9+. The van der Waals surface area contributed by atoms with E-state index in [0.29, 0.717) is 5.75 Å². The molecular weight excluding hydrogens is 374 g/mol. The van der Waals surface area contributed by atoms with Crippen LogP contribution in [0.25, 0.3) is 6.08 Å². The average molecular weight is 398 g/mol. The lowest BCUT2D eigenvalue weighted by molar-refractivity contribution is -0.123. The lowest BCUT2D eigenvalue weighted by atomic mass is 10.1. The summed E-state index contributed by atoms with van der Waals surface area (Å²) in [5.41, 5.74) is 8.95. The van der Waals surface area contributed by atoms with Gasteiger partial charge in [-0.3, -0.25) is 25.8 Å². The Balaban J connectivity index is 1.71. The molecule has 0 aromatic heterocycles. The van der Waals surface area contributed by atoms with E-state index in [1.807, 2.05) is 63.2 Å². The number of thiocarbonyl (C=S) groups is 1. The fourth-order valence-corrected chi connectivity index (χ4v) is 2.45. The Morgan fingerprint density at radius 1 is 1.00 bits per heavy atom. The van der Waals surface area contributed by atoms with Crippen molar-refractivity contribution >= 4 is 35.2 Å². The van der Waals surface area contributed by atoms with Gasteiger partial charge in [-0.2, -0.15) is 0 Å². The van der Waals surface area contributed by atoms with Gasteiger partial charge in [0, 0.05) is 6.08 Å². The number of hydrogen-bond acceptors (Lipinski definition) is 4. The van der Waals surface area contributed by atoms with Gasteiger partial charge in [-0.15, -0.1) is 0 Å². The minimum atomic E-state index is -0.424. The summed E-state index contributed by atoms with van der Waals surface area (Å²) < 4.78 is 5.47. The Kier molecular flexibility index (Phi) is 7.71. The van der Waals surface area contributed by atoms with Crippen LogP contribution >= 0.6 is 12.2 Å². The number of aryl methyl sites for hydroxylation is 3. The molecule has 2 rings (SSSR count). The lowest BCUT2D eigenvalue weighted by Crippen LogP contribution is -2.49. The molecule has 0 unspecified atom stereocenters. The first-order chi connectivity index (χ1) is 13.3. The van der Waals surface area contributed by atoms with Gasteiger partial charge in [0.05, 0.1) is 0 Å². The second kappa shape index (κ2) is 10.2. The fourth-order valence-electron chi connectivity index (χ4n) is 2.30. The van der Waals surface area contributed by atoms with Crippen LogP contribution in [0, 0.1) is 20.8 Å². The summed E-state index contributed by atoms with van der Waals surface area (Å²) in [4.78, 5) is 23.7. The molecule has 0 saturated heterocycles. The first kappa shape index (κ1) is 21.1. The van der Waals surface area contributed by atoms with Crippen LogP contribution in [0.1, 0.15) is 22.3 Å². The molecule has 0 fully saturated rings. The highest BCUT2D eigenvalue weighted by Crippen LogP contribution is 2.18. The maximum Gasteiger partial charge on any atom is 0.276 e. The van der Waals surface area contributed by atoms with E-state index < -0.39 is 11.8 Å². The highest BCUT2D eigenvalue weighted by molar-refractivity contribution is 7.80. The van der Waals surface area contributed by atoms with Crippen LogP contribution in [-0.2, 0) is 9.59 Å². The third-order valence-electron chi connectivity index (χ3n) is 3.75. The molecule has 28 heavy (non-hydrogen) atoms. The molecule has 0 aliphatic carbocycles. The molecule has 0 atom stereocenters. The lowest BCUT2D eigenvalue weighted by Gasteiger charge is -2.12. The number of carbonyl (C=O) groups is 2. The van der Waals surface area contributed by atoms with Crippen LogP contribution in [0.4, 0.5) is 0 Å². The molecule has 0 bridgehead atoms. The van der Waals surface area contributed by atoms with Crippen molar-refractivity contribution in [3.8, 4) is 5.75 Å². The largest absolute Gasteiger partial charge is 0.483 e. The number of ether oxygens (including phenoxy) is 1. The van der Waals surface area contributed by atoms with E-state index in [-0.39, 0.29) is 11.7 Å². The number of benzene rings is 2. The van der Waals surface area contributed by atoms with Crippen LogP contribution in [-0.4, -0.2) is 23.5 Å². The highest BCUT2D eigenvalue weighted by Gasteiger charge is 2.06. The molecule has 0 radical (unpaired) electrons. The maximum atomic E-state index is 11.9. The van der Waals surface area contributed by atoms with Gasteiger partial charge < -0.3 is 4.74 Å². The van der Waals surface area contributed by atoms with E-state index in [1.165, 1.54) is 6.08 Å². The van der Waals surface area contributed by atoms with Crippen molar-refractivity contribution in [3.05, 3.63) is 70.8 Å². The van der Waals surface area contributed by atoms with Gasteiger partial charge in [-0.25, -0.2) is 0 Å². The molecule has 6 nitrogen and oxygen atoms in total. The Bertz CT molecular complexity index is 892. The molecule has 0 heterocycles. The van der Waals surface area contributed by atoms with Gasteiger partial charge in [-0.1, -0.05) is 47.5 Å². The summed E-state index contributed by atoms with van der Waals surface area (Å²) >= 11 is 4.98. The second-order valence-electron chi connectivity index (χ2n) is 6.29. The van der Waals surface area contributed by atoms with Crippen LogP contribution in [0.5, 0.6) is 5.75 Å². The maximum absolute atomic E-state index is 11.9. The summed E-state index contributed by atoms with van der Waals surface area (Å²) in [7, 11) is 0. The summed E-state index contributed by atoms with van der Waals surface area (Å²) in [5, 5.41) is 2.43. The molecule has 0 saturated carbocycles. The first-order valence-corrected chi connectivity index (χ1v) is 9.09. The zero-order chi connectivity index (χ0) is 20.5. The first-order valence-electron chi connectivity index (χ1n) is 8.68. The minimum Gasteiger partial charge on any atom is -0.483 e. The van der Waals surface area contributed by atoms with Gasteiger partial charge in [0.2, 0.25) is 5.91 Å². The third kappa shape index (κ3) is 7.20. The molecular formula is C21H23N3O3S. The van der Waals surface area contributed by atoms with E-state index in [1.54, 1.807) is 6.08 Å². The van der Waals surface area contributed by atoms with Crippen molar-refractivity contribution in [2.75, 3.05) is 6.61 Å². The summed E-state index contributed by atoms with van der Waals surface area (Å²) in [6.07, 6.45) is 3.04. The normalized spacial score (nSPS) is 10.4. The Morgan fingerprint density at radius 2 is 1.68 bits per heavy atom. The zero-order valence-electron chi connectivity index (χ0n) is 16.0. The molecule has 2 amide bonds. The van der Waals surface area contributed by atoms with Gasteiger partial charge in [0.25, 0.3) is 5.91 Å². The SMILES string of the molecule is Cc1ccc(/C=C/C(=O)NC(=S)NNC(=O)COc2ccc(C)cc2C)cc1. The molecule has 2 aromatic rings. The predicted molar refractivity (Wildman–Crippen MR) is 114 cm³/mol. The molecule has 146 valence electrons. The monoisotopic (exact) mass is 397 g/mol. The number of hydrogen-bond donors (Lipinski definition) is 3. The van der Waals surface area contributed by atoms with Crippen LogP contribution in [0.15, 0.2) is 48.5 Å². The fraction of sp³-hybridized carbons (Fsp3) is 0.190. The summed E-state index contributed by atoms with van der Waals surface area (Å²) in [6, 6.07) is 13.4. The summed E-state index contributed by atoms with van der Waals surface area (Å²) in [5.74, 6) is -0.191. The topological polar surface area (TPSA) is 79.5 Å². The zero-order valence-corrected chi connectivity index (χ0v) is 16.9. The number of amides is 2. The van der Waals surface area contributed by atoms with Gasteiger partial charge in [-0.05, 0) is 56.3 Å². The Morgan fingerprint density at radius 3 is 2.36 bits per heavy atom. The van der Waals surface area contributed by atoms with E-state index >= 15 is 0 Å². The van der Waals surface area contributed by atoms with Crippen molar-refractivity contribution in [1.82, 2.24) is 16.2 Å². The quantitative estimate of drug-likeness (QED) is 0.411. The Labute approximate surface area is 169 Å². The van der Waals surface area contributed by atoms with E-state index in [2.05, 4.69) is 16.2 Å². The van der Waals surface area contributed by atoms with E-state index in [4.69, 9.17) is 17.0 Å². The van der Waals surface area contributed by atoms with Gasteiger partial charge in [0.1, 0.15) is 5.75 Å². The molecule has 3 N–H and O–H groups in total. The highest BCUT2D eigenvalue weighted by atomic mass is 32.1. The average Bonchev–Trinajstić information content (AvgIpc) is 2.65. The molecule has 0 aliphatic rings. The second-order valence-corrected chi connectivity index (χ2v) is 6.70. The van der Waals surface area contributed by atoms with E-state index in [0.717, 1.165) is 22.3 Å². The van der Waals surface area contributed by atoms with E-state index in [9.17, 15) is 9.59 Å². The van der Waals surface area contributed by atoms with Crippen molar-refractivity contribution in [1.29, 1.82) is 0 Å². The van der Waals surface area contributed by atoms with Gasteiger partial charge in [0.15, 0.2) is 11.7 Å². The van der Waals surface area contributed by atoms with Crippen molar-refractivity contribution in [2.24, 2.45) is 0 Å².